The van der Waals surface area contributed by atoms with Crippen molar-refractivity contribution in [2.75, 3.05) is 44.2 Å². The van der Waals surface area contributed by atoms with Gasteiger partial charge in [0.05, 0.1) is 23.1 Å². The lowest BCUT2D eigenvalue weighted by atomic mass is 10.2. The summed E-state index contributed by atoms with van der Waals surface area (Å²) in [5.41, 5.74) is 2.10. The molecule has 38 heavy (non-hydrogen) atoms. The highest BCUT2D eigenvalue weighted by Gasteiger charge is 2.35. The quantitative estimate of drug-likeness (QED) is 0.344. The van der Waals surface area contributed by atoms with E-state index >= 15 is 0 Å². The Labute approximate surface area is 230 Å². The molecule has 6 rings (SSSR count). The number of hydrogen-bond acceptors (Lipinski definition) is 8. The van der Waals surface area contributed by atoms with Crippen molar-refractivity contribution < 1.29 is 9.53 Å². The first-order valence-electron chi connectivity index (χ1n) is 13.0. The zero-order valence-corrected chi connectivity index (χ0v) is 22.6. The van der Waals surface area contributed by atoms with Gasteiger partial charge in [-0.1, -0.05) is 60.4 Å². The van der Waals surface area contributed by atoms with Crippen molar-refractivity contribution >= 4 is 51.7 Å². The predicted molar refractivity (Wildman–Crippen MR) is 154 cm³/mol. The number of thiocarbonyl (C=S) groups is 1. The van der Waals surface area contributed by atoms with Crippen LogP contribution in [-0.4, -0.2) is 74.8 Å². The molecule has 0 radical (unpaired) electrons. The summed E-state index contributed by atoms with van der Waals surface area (Å²) < 4.78 is 7.76. The first kappa shape index (κ1) is 25.2. The highest BCUT2D eigenvalue weighted by Crippen LogP contribution is 2.34. The fourth-order valence-corrected chi connectivity index (χ4v) is 6.46. The maximum atomic E-state index is 13.7. The first-order valence-corrected chi connectivity index (χ1v) is 14.2. The highest BCUT2D eigenvalue weighted by molar-refractivity contribution is 8.26. The van der Waals surface area contributed by atoms with E-state index in [9.17, 15) is 9.59 Å². The van der Waals surface area contributed by atoms with E-state index in [4.69, 9.17) is 21.9 Å². The van der Waals surface area contributed by atoms with Crippen LogP contribution in [0.3, 0.4) is 0 Å². The summed E-state index contributed by atoms with van der Waals surface area (Å²) in [6, 6.07) is 16.0. The third-order valence-electron chi connectivity index (χ3n) is 7.23. The van der Waals surface area contributed by atoms with Gasteiger partial charge in [0.2, 0.25) is 0 Å². The number of hydrogen-bond donors (Lipinski definition) is 0. The van der Waals surface area contributed by atoms with Gasteiger partial charge >= 0.3 is 0 Å². The molecule has 196 valence electrons. The number of thioether (sulfide) groups is 1. The Hall–Kier alpha value is -3.05. The second kappa shape index (κ2) is 11.0. The monoisotopic (exact) mass is 547 g/mol. The molecular formula is C28H29N5O3S2. The van der Waals surface area contributed by atoms with E-state index < -0.39 is 0 Å². The Balaban J connectivity index is 1.29. The standard InChI is InChI=1S/C28H29N5O3S2/c34-26-22(17-23-27(35)33(28(37)38-23)19-21-9-6-16-36-21)25(29-24-10-4-5-11-32(24)26)31-14-12-30(13-15-31)18-20-7-2-1-3-8-20/h1-5,7-8,10-11,17,21H,6,9,12-16,18-19H2/b23-17-/t21-/m1/s1. The fourth-order valence-electron chi connectivity index (χ4n) is 5.20. The van der Waals surface area contributed by atoms with Crippen molar-refractivity contribution in [2.24, 2.45) is 0 Å². The number of piperazine rings is 1. The minimum absolute atomic E-state index is 0.00699. The fraction of sp³-hybridized carbons (Fsp3) is 0.357. The van der Waals surface area contributed by atoms with Crippen LogP contribution in [0.25, 0.3) is 11.7 Å². The van der Waals surface area contributed by atoms with Gasteiger partial charge in [0, 0.05) is 45.5 Å². The zero-order chi connectivity index (χ0) is 26.1. The van der Waals surface area contributed by atoms with Gasteiger partial charge in [-0.2, -0.15) is 0 Å². The van der Waals surface area contributed by atoms with Crippen LogP contribution in [0.5, 0.6) is 0 Å². The number of carbonyl (C=O) groups excluding carboxylic acids is 1. The minimum Gasteiger partial charge on any atom is -0.376 e. The predicted octanol–water partition coefficient (Wildman–Crippen LogP) is 3.40. The number of pyridine rings is 1. The van der Waals surface area contributed by atoms with Crippen LogP contribution in [0.4, 0.5) is 5.82 Å². The van der Waals surface area contributed by atoms with Crippen molar-refractivity contribution in [1.29, 1.82) is 0 Å². The lowest BCUT2D eigenvalue weighted by Gasteiger charge is -2.36. The number of rotatable bonds is 6. The Morgan fingerprint density at radius 1 is 1.05 bits per heavy atom. The lowest BCUT2D eigenvalue weighted by molar-refractivity contribution is -0.123. The number of carbonyl (C=O) groups is 1. The van der Waals surface area contributed by atoms with Crippen LogP contribution in [-0.2, 0) is 16.1 Å². The average molecular weight is 548 g/mol. The van der Waals surface area contributed by atoms with Crippen molar-refractivity contribution in [3.05, 3.63) is 81.1 Å². The molecule has 0 unspecified atom stereocenters. The van der Waals surface area contributed by atoms with E-state index in [1.54, 1.807) is 17.2 Å². The van der Waals surface area contributed by atoms with Crippen LogP contribution in [0, 0.1) is 0 Å². The van der Waals surface area contributed by atoms with E-state index in [0.717, 1.165) is 52.2 Å². The number of aromatic nitrogens is 2. The maximum Gasteiger partial charge on any atom is 0.267 e. The number of ether oxygens (including phenoxy) is 1. The zero-order valence-electron chi connectivity index (χ0n) is 21.0. The average Bonchev–Trinajstić information content (AvgIpc) is 3.55. The van der Waals surface area contributed by atoms with E-state index in [-0.39, 0.29) is 17.6 Å². The van der Waals surface area contributed by atoms with Gasteiger partial charge in [-0.05, 0) is 36.6 Å². The molecule has 3 fully saturated rings. The van der Waals surface area contributed by atoms with E-state index in [1.807, 2.05) is 24.3 Å². The van der Waals surface area contributed by atoms with Crippen LogP contribution >= 0.6 is 24.0 Å². The SMILES string of the molecule is O=C1/C(=C/c2c(N3CCN(Cc4ccccc4)CC3)nc3ccccn3c2=O)SC(=S)N1C[C@H]1CCCO1. The molecule has 10 heteroatoms. The molecule has 0 aliphatic carbocycles. The highest BCUT2D eigenvalue weighted by atomic mass is 32.2. The number of benzene rings is 1. The lowest BCUT2D eigenvalue weighted by Crippen LogP contribution is -2.47. The third-order valence-corrected chi connectivity index (χ3v) is 8.61. The summed E-state index contributed by atoms with van der Waals surface area (Å²) in [5.74, 6) is 0.441. The number of anilines is 1. The topological polar surface area (TPSA) is 70.4 Å². The van der Waals surface area contributed by atoms with Gasteiger partial charge in [0.1, 0.15) is 15.8 Å². The minimum atomic E-state index is -0.193. The molecule has 2 aromatic heterocycles. The maximum absolute atomic E-state index is 13.7. The second-order valence-corrected chi connectivity index (χ2v) is 11.4. The molecule has 1 amide bonds. The Morgan fingerprint density at radius 3 is 2.61 bits per heavy atom. The van der Waals surface area contributed by atoms with Gasteiger partial charge in [0.25, 0.3) is 11.5 Å². The molecule has 0 bridgehead atoms. The Bertz CT molecular complexity index is 1440. The molecule has 3 aliphatic rings. The van der Waals surface area contributed by atoms with Gasteiger partial charge in [-0.25, -0.2) is 4.98 Å². The molecule has 3 aromatic rings. The van der Waals surface area contributed by atoms with E-state index in [0.29, 0.717) is 32.8 Å². The van der Waals surface area contributed by atoms with E-state index in [2.05, 4.69) is 34.1 Å². The summed E-state index contributed by atoms with van der Waals surface area (Å²) in [6.45, 7) is 5.25. The summed E-state index contributed by atoms with van der Waals surface area (Å²) >= 11 is 6.78. The van der Waals surface area contributed by atoms with Crippen LogP contribution < -0.4 is 10.5 Å². The van der Waals surface area contributed by atoms with Gasteiger partial charge in [0.15, 0.2) is 0 Å². The Kier molecular flexibility index (Phi) is 7.29. The summed E-state index contributed by atoms with van der Waals surface area (Å²) in [4.78, 5) is 38.5. The molecule has 0 N–H and O–H groups in total. The third kappa shape index (κ3) is 5.13. The normalized spacial score (nSPS) is 21.8. The van der Waals surface area contributed by atoms with Crippen molar-refractivity contribution in [3.8, 4) is 0 Å². The summed E-state index contributed by atoms with van der Waals surface area (Å²) in [5, 5.41) is 0. The molecule has 3 saturated heterocycles. The number of amides is 1. The molecule has 0 spiro atoms. The van der Waals surface area contributed by atoms with Crippen LogP contribution in [0.2, 0.25) is 0 Å². The largest absolute Gasteiger partial charge is 0.376 e. The second-order valence-electron chi connectivity index (χ2n) is 9.76. The number of fused-ring (bicyclic) bond motifs is 1. The van der Waals surface area contributed by atoms with Crippen LogP contribution in [0.15, 0.2) is 64.4 Å². The van der Waals surface area contributed by atoms with Gasteiger partial charge in [-0.15, -0.1) is 0 Å². The van der Waals surface area contributed by atoms with Crippen molar-refractivity contribution in [1.82, 2.24) is 19.2 Å². The Morgan fingerprint density at radius 2 is 1.84 bits per heavy atom. The van der Waals surface area contributed by atoms with Crippen molar-refractivity contribution in [2.45, 2.75) is 25.5 Å². The van der Waals surface area contributed by atoms with Gasteiger partial charge < -0.3 is 9.64 Å². The molecule has 5 heterocycles. The summed E-state index contributed by atoms with van der Waals surface area (Å²) in [6.07, 6.45) is 5.33. The molecule has 0 saturated carbocycles. The molecular weight excluding hydrogens is 518 g/mol. The summed E-state index contributed by atoms with van der Waals surface area (Å²) in [7, 11) is 0. The molecule has 8 nitrogen and oxygen atoms in total. The van der Waals surface area contributed by atoms with Crippen molar-refractivity contribution in [3.63, 3.8) is 0 Å². The molecule has 1 aromatic carbocycles. The van der Waals surface area contributed by atoms with Crippen LogP contribution in [0.1, 0.15) is 24.0 Å². The van der Waals surface area contributed by atoms with E-state index in [1.165, 1.54) is 21.7 Å². The first-order chi connectivity index (χ1) is 18.6. The van der Waals surface area contributed by atoms with Gasteiger partial charge in [-0.3, -0.25) is 23.8 Å². The molecule has 3 aliphatic heterocycles. The molecule has 1 atom stereocenters. The smallest absolute Gasteiger partial charge is 0.267 e. The number of nitrogens with zero attached hydrogens (tertiary/aromatic N) is 5.